The Kier molecular flexibility index (Phi) is 3.59. The number of hydrogen-bond acceptors (Lipinski definition) is 3. The molecule has 1 aliphatic rings. The second kappa shape index (κ2) is 4.83. The molecule has 0 spiro atoms. The Balaban J connectivity index is 2.31. The van der Waals surface area contributed by atoms with Crippen LogP contribution < -0.4 is 0 Å². The van der Waals surface area contributed by atoms with Crippen molar-refractivity contribution in [1.29, 1.82) is 0 Å². The third kappa shape index (κ3) is 3.11. The normalized spacial score (nSPS) is 29.2. The van der Waals surface area contributed by atoms with Gasteiger partial charge in [-0.15, -0.1) is 11.8 Å². The average molecular weight is 249 g/mol. The van der Waals surface area contributed by atoms with Gasteiger partial charge in [0.05, 0.1) is 0 Å². The minimum absolute atomic E-state index is 0.428. The molecular weight excluding hydrogens is 230 g/mol. The van der Waals surface area contributed by atoms with E-state index in [0.717, 1.165) is 17.0 Å². The summed E-state index contributed by atoms with van der Waals surface area (Å²) in [7, 11) is 0. The monoisotopic (exact) mass is 249 g/mol. The van der Waals surface area contributed by atoms with Gasteiger partial charge in [0.1, 0.15) is 5.04 Å². The van der Waals surface area contributed by atoms with Crippen molar-refractivity contribution in [3.63, 3.8) is 0 Å². The standard InChI is InChI=1S/C14H19NOS/c1-10(2)12-9-14(3,16)15-13(17-12)11-7-5-4-6-8-11/h4-8,10,12,16H,9H2,1-3H3. The zero-order valence-corrected chi connectivity index (χ0v) is 11.4. The van der Waals surface area contributed by atoms with Crippen molar-refractivity contribution in [1.82, 2.24) is 0 Å². The topological polar surface area (TPSA) is 32.6 Å². The molecule has 0 aliphatic carbocycles. The van der Waals surface area contributed by atoms with Crippen LogP contribution in [0.15, 0.2) is 35.3 Å². The lowest BCUT2D eigenvalue weighted by atomic mass is 10.0. The second-order valence-corrected chi connectivity index (χ2v) is 6.33. The molecule has 0 bridgehead atoms. The third-order valence-electron chi connectivity index (χ3n) is 2.96. The number of thioether (sulfide) groups is 1. The van der Waals surface area contributed by atoms with Gasteiger partial charge >= 0.3 is 0 Å². The summed E-state index contributed by atoms with van der Waals surface area (Å²) in [5.41, 5.74) is 0.175. The molecule has 2 atom stereocenters. The summed E-state index contributed by atoms with van der Waals surface area (Å²) in [5, 5.41) is 11.6. The van der Waals surface area contributed by atoms with E-state index in [-0.39, 0.29) is 0 Å². The predicted molar refractivity (Wildman–Crippen MR) is 74.4 cm³/mol. The summed E-state index contributed by atoms with van der Waals surface area (Å²) in [6.45, 7) is 6.19. The first-order valence-corrected chi connectivity index (χ1v) is 6.90. The van der Waals surface area contributed by atoms with Crippen LogP contribution in [0, 0.1) is 5.92 Å². The summed E-state index contributed by atoms with van der Waals surface area (Å²) >= 11 is 1.78. The Morgan fingerprint density at radius 2 is 2.00 bits per heavy atom. The summed E-state index contributed by atoms with van der Waals surface area (Å²) in [6.07, 6.45) is 0.728. The van der Waals surface area contributed by atoms with Gasteiger partial charge in [-0.25, -0.2) is 4.99 Å². The minimum atomic E-state index is -0.925. The fourth-order valence-electron chi connectivity index (χ4n) is 1.94. The van der Waals surface area contributed by atoms with Crippen LogP contribution in [0.2, 0.25) is 0 Å². The highest BCUT2D eigenvalue weighted by molar-refractivity contribution is 8.15. The molecule has 1 aromatic carbocycles. The van der Waals surface area contributed by atoms with Gasteiger partial charge in [0.15, 0.2) is 5.72 Å². The third-order valence-corrected chi connectivity index (χ3v) is 4.52. The lowest BCUT2D eigenvalue weighted by molar-refractivity contribution is 0.0560. The smallest absolute Gasteiger partial charge is 0.155 e. The van der Waals surface area contributed by atoms with E-state index >= 15 is 0 Å². The highest BCUT2D eigenvalue weighted by Crippen LogP contribution is 2.36. The second-order valence-electron chi connectivity index (χ2n) is 5.10. The molecule has 1 N–H and O–H groups in total. The molecular formula is C14H19NOS. The number of benzene rings is 1. The molecule has 0 aromatic heterocycles. The highest BCUT2D eigenvalue weighted by atomic mass is 32.2. The molecule has 1 aromatic rings. The van der Waals surface area contributed by atoms with E-state index in [4.69, 9.17) is 0 Å². The SMILES string of the molecule is CC(C)C1CC(C)(O)N=C(c2ccccc2)S1. The Morgan fingerprint density at radius 3 is 2.59 bits per heavy atom. The molecule has 17 heavy (non-hydrogen) atoms. The lowest BCUT2D eigenvalue weighted by Crippen LogP contribution is -2.34. The van der Waals surface area contributed by atoms with Crippen LogP contribution in [-0.2, 0) is 0 Å². The number of rotatable bonds is 2. The van der Waals surface area contributed by atoms with Gasteiger partial charge in [0.25, 0.3) is 0 Å². The van der Waals surface area contributed by atoms with Crippen molar-refractivity contribution in [2.24, 2.45) is 10.9 Å². The summed E-state index contributed by atoms with van der Waals surface area (Å²) < 4.78 is 0. The first-order chi connectivity index (χ1) is 7.98. The van der Waals surface area contributed by atoms with Gasteiger partial charge in [-0.3, -0.25) is 0 Å². The quantitative estimate of drug-likeness (QED) is 0.872. The zero-order chi connectivity index (χ0) is 12.5. The molecule has 0 fully saturated rings. The van der Waals surface area contributed by atoms with E-state index in [1.54, 1.807) is 18.7 Å². The van der Waals surface area contributed by atoms with E-state index < -0.39 is 5.72 Å². The van der Waals surface area contributed by atoms with Gasteiger partial charge in [-0.2, -0.15) is 0 Å². The zero-order valence-electron chi connectivity index (χ0n) is 10.6. The Morgan fingerprint density at radius 1 is 1.35 bits per heavy atom. The summed E-state index contributed by atoms with van der Waals surface area (Å²) in [4.78, 5) is 4.45. The van der Waals surface area contributed by atoms with Gasteiger partial charge in [-0.1, -0.05) is 44.2 Å². The van der Waals surface area contributed by atoms with Crippen LogP contribution in [-0.4, -0.2) is 21.1 Å². The fourth-order valence-corrected chi connectivity index (χ4v) is 3.42. The Labute approximate surface area is 107 Å². The van der Waals surface area contributed by atoms with Crippen molar-refractivity contribution in [2.75, 3.05) is 0 Å². The van der Waals surface area contributed by atoms with Crippen LogP contribution in [0.4, 0.5) is 0 Å². The molecule has 0 saturated heterocycles. The van der Waals surface area contributed by atoms with Crippen LogP contribution in [0.5, 0.6) is 0 Å². The average Bonchev–Trinajstić information content (AvgIpc) is 2.28. The number of hydrogen-bond donors (Lipinski definition) is 1. The van der Waals surface area contributed by atoms with Gasteiger partial charge in [-0.05, 0) is 12.8 Å². The number of aliphatic hydroxyl groups is 1. The Bertz CT molecular complexity index is 411. The maximum atomic E-state index is 10.2. The van der Waals surface area contributed by atoms with E-state index in [1.807, 2.05) is 30.3 Å². The van der Waals surface area contributed by atoms with Crippen molar-refractivity contribution in [2.45, 2.75) is 38.2 Å². The fraction of sp³-hybridized carbons (Fsp3) is 0.500. The molecule has 3 heteroatoms. The van der Waals surface area contributed by atoms with Crippen LogP contribution in [0.1, 0.15) is 32.8 Å². The molecule has 0 radical (unpaired) electrons. The highest BCUT2D eigenvalue weighted by Gasteiger charge is 2.33. The van der Waals surface area contributed by atoms with E-state index in [1.165, 1.54) is 0 Å². The van der Waals surface area contributed by atoms with Gasteiger partial charge in [0, 0.05) is 17.2 Å². The van der Waals surface area contributed by atoms with Gasteiger partial charge in [0.2, 0.25) is 0 Å². The van der Waals surface area contributed by atoms with Crippen LogP contribution >= 0.6 is 11.8 Å². The summed E-state index contributed by atoms with van der Waals surface area (Å²) in [6, 6.07) is 10.1. The maximum absolute atomic E-state index is 10.2. The lowest BCUT2D eigenvalue weighted by Gasteiger charge is -2.33. The maximum Gasteiger partial charge on any atom is 0.155 e. The van der Waals surface area contributed by atoms with Crippen LogP contribution in [0.25, 0.3) is 0 Å². The molecule has 92 valence electrons. The number of nitrogens with zero attached hydrogens (tertiary/aromatic N) is 1. The van der Waals surface area contributed by atoms with Crippen molar-refractivity contribution in [3.8, 4) is 0 Å². The molecule has 2 rings (SSSR count). The number of aliphatic imine (C=N–C) groups is 1. The molecule has 0 saturated carbocycles. The minimum Gasteiger partial charge on any atom is -0.369 e. The van der Waals surface area contributed by atoms with Crippen molar-refractivity contribution < 1.29 is 5.11 Å². The van der Waals surface area contributed by atoms with E-state index in [9.17, 15) is 5.11 Å². The van der Waals surface area contributed by atoms with Crippen molar-refractivity contribution in [3.05, 3.63) is 35.9 Å². The first kappa shape index (κ1) is 12.7. The molecule has 2 nitrogen and oxygen atoms in total. The molecule has 1 aliphatic heterocycles. The van der Waals surface area contributed by atoms with Crippen LogP contribution in [0.3, 0.4) is 0 Å². The summed E-state index contributed by atoms with van der Waals surface area (Å²) in [5.74, 6) is 0.542. The molecule has 1 heterocycles. The largest absolute Gasteiger partial charge is 0.369 e. The van der Waals surface area contributed by atoms with E-state index in [0.29, 0.717) is 11.2 Å². The predicted octanol–water partition coefficient (Wildman–Crippen LogP) is 3.30. The van der Waals surface area contributed by atoms with Gasteiger partial charge < -0.3 is 5.11 Å². The Hall–Kier alpha value is -0.800. The first-order valence-electron chi connectivity index (χ1n) is 6.02. The molecule has 2 unspecified atom stereocenters. The van der Waals surface area contributed by atoms with Crippen molar-refractivity contribution >= 4 is 16.8 Å². The van der Waals surface area contributed by atoms with E-state index in [2.05, 4.69) is 18.8 Å². The molecule has 0 amide bonds.